The Balaban J connectivity index is 1.77. The number of esters is 1. The maximum absolute atomic E-state index is 14.1. The van der Waals surface area contributed by atoms with Gasteiger partial charge in [-0.3, -0.25) is 4.79 Å². The second kappa shape index (κ2) is 8.83. The Bertz CT molecular complexity index is 1530. The largest absolute Gasteiger partial charge is 0.507 e. The van der Waals surface area contributed by atoms with Gasteiger partial charge in [0.1, 0.15) is 5.75 Å². The van der Waals surface area contributed by atoms with Crippen molar-refractivity contribution in [3.63, 3.8) is 0 Å². The van der Waals surface area contributed by atoms with Crippen LogP contribution in [0.15, 0.2) is 89.8 Å². The zero-order chi connectivity index (χ0) is 24.7. The first-order chi connectivity index (χ1) is 16.8. The Labute approximate surface area is 204 Å². The average molecular weight is 488 g/mol. The molecule has 0 saturated carbocycles. The van der Waals surface area contributed by atoms with E-state index < -0.39 is 28.1 Å². The lowest BCUT2D eigenvalue weighted by molar-refractivity contribution is -0.141. The van der Waals surface area contributed by atoms with Gasteiger partial charge in [-0.2, -0.15) is 4.31 Å². The quantitative estimate of drug-likeness (QED) is 0.389. The van der Waals surface area contributed by atoms with Gasteiger partial charge in [0.15, 0.2) is 0 Å². The lowest BCUT2D eigenvalue weighted by atomic mass is 9.94. The van der Waals surface area contributed by atoms with Crippen LogP contribution in [0, 0.1) is 6.92 Å². The summed E-state index contributed by atoms with van der Waals surface area (Å²) in [4.78, 5) is 12.5. The van der Waals surface area contributed by atoms with Crippen molar-refractivity contribution in [1.29, 1.82) is 0 Å². The number of aryl methyl sites for hydroxylation is 1. The van der Waals surface area contributed by atoms with Gasteiger partial charge in [-0.25, -0.2) is 8.42 Å². The molecule has 7 heteroatoms. The van der Waals surface area contributed by atoms with Crippen LogP contribution in [-0.2, 0) is 19.6 Å². The molecule has 178 valence electrons. The minimum atomic E-state index is -4.08. The van der Waals surface area contributed by atoms with E-state index in [-0.39, 0.29) is 17.1 Å². The molecule has 0 saturated heterocycles. The summed E-state index contributed by atoms with van der Waals surface area (Å²) >= 11 is 0. The van der Waals surface area contributed by atoms with Crippen molar-refractivity contribution in [2.24, 2.45) is 0 Å². The maximum Gasteiger partial charge on any atom is 0.307 e. The number of hydrogen-bond acceptors (Lipinski definition) is 5. The van der Waals surface area contributed by atoms with Crippen LogP contribution in [0.1, 0.15) is 40.8 Å². The summed E-state index contributed by atoms with van der Waals surface area (Å²) in [7, 11) is -2.79. The fourth-order valence-corrected chi connectivity index (χ4v) is 6.65. The molecule has 4 aromatic rings. The zero-order valence-electron chi connectivity index (χ0n) is 19.4. The van der Waals surface area contributed by atoms with Gasteiger partial charge in [-0.05, 0) is 35.6 Å². The van der Waals surface area contributed by atoms with Crippen molar-refractivity contribution in [2.75, 3.05) is 7.11 Å². The molecule has 0 amide bonds. The second-order valence-corrected chi connectivity index (χ2v) is 10.5. The van der Waals surface area contributed by atoms with Crippen LogP contribution in [0.5, 0.6) is 5.75 Å². The molecule has 2 atom stereocenters. The van der Waals surface area contributed by atoms with Crippen molar-refractivity contribution in [3.05, 3.63) is 107 Å². The number of fused-ring (bicyclic) bond motifs is 2. The summed E-state index contributed by atoms with van der Waals surface area (Å²) in [6, 6.07) is 23.4. The van der Waals surface area contributed by atoms with Gasteiger partial charge < -0.3 is 9.84 Å². The van der Waals surface area contributed by atoms with Crippen molar-refractivity contribution in [3.8, 4) is 5.75 Å². The number of aromatic hydroxyl groups is 1. The third-order valence-corrected chi connectivity index (χ3v) is 8.51. The van der Waals surface area contributed by atoms with Crippen molar-refractivity contribution < 1.29 is 23.1 Å². The van der Waals surface area contributed by atoms with E-state index >= 15 is 0 Å². The number of benzene rings is 4. The maximum atomic E-state index is 14.1. The average Bonchev–Trinajstić information content (AvgIpc) is 3.19. The molecule has 0 aliphatic carbocycles. The fourth-order valence-electron chi connectivity index (χ4n) is 4.89. The summed E-state index contributed by atoms with van der Waals surface area (Å²) in [5.74, 6) is -0.497. The van der Waals surface area contributed by atoms with E-state index in [0.717, 1.165) is 16.5 Å². The second-order valence-electron chi connectivity index (χ2n) is 8.70. The third kappa shape index (κ3) is 3.87. The van der Waals surface area contributed by atoms with Crippen LogP contribution < -0.4 is 0 Å². The predicted octanol–water partition coefficient (Wildman–Crippen LogP) is 5.25. The monoisotopic (exact) mass is 487 g/mol. The smallest absolute Gasteiger partial charge is 0.307 e. The molecular weight excluding hydrogens is 462 g/mol. The number of sulfonamides is 1. The molecule has 4 aromatic carbocycles. The molecule has 0 fully saturated rings. The molecule has 1 aliphatic rings. The van der Waals surface area contributed by atoms with Crippen molar-refractivity contribution >= 4 is 26.8 Å². The number of hydrogen-bond donors (Lipinski definition) is 1. The van der Waals surface area contributed by atoms with Crippen molar-refractivity contribution in [2.45, 2.75) is 30.3 Å². The Morgan fingerprint density at radius 1 is 0.886 bits per heavy atom. The number of phenols is 1. The van der Waals surface area contributed by atoms with Crippen LogP contribution in [0.4, 0.5) is 0 Å². The molecular formula is C28H25NO5S. The Morgan fingerprint density at radius 3 is 2.26 bits per heavy atom. The lowest BCUT2D eigenvalue weighted by Gasteiger charge is -2.30. The van der Waals surface area contributed by atoms with Crippen LogP contribution in [0.2, 0.25) is 0 Å². The minimum absolute atomic E-state index is 0.0192. The highest BCUT2D eigenvalue weighted by molar-refractivity contribution is 7.89. The first-order valence-electron chi connectivity index (χ1n) is 11.3. The van der Waals surface area contributed by atoms with E-state index in [9.17, 15) is 18.3 Å². The van der Waals surface area contributed by atoms with Gasteiger partial charge >= 0.3 is 5.97 Å². The molecule has 0 radical (unpaired) electrons. The van der Waals surface area contributed by atoms with E-state index in [1.807, 2.05) is 55.5 Å². The Hall–Kier alpha value is -3.68. The molecule has 0 unspecified atom stereocenters. The highest BCUT2D eigenvalue weighted by Crippen LogP contribution is 2.52. The van der Waals surface area contributed by atoms with Gasteiger partial charge in [-0.1, -0.05) is 78.4 Å². The third-order valence-electron chi connectivity index (χ3n) is 6.62. The van der Waals surface area contributed by atoms with E-state index in [1.54, 1.807) is 36.4 Å². The number of phenolic OH excluding ortho intramolecular Hbond substituents is 1. The number of rotatable bonds is 5. The molecule has 0 spiro atoms. The topological polar surface area (TPSA) is 83.9 Å². The molecule has 5 rings (SSSR count). The predicted molar refractivity (Wildman–Crippen MR) is 133 cm³/mol. The summed E-state index contributed by atoms with van der Waals surface area (Å²) < 4.78 is 34.6. The first-order valence-corrected chi connectivity index (χ1v) is 12.7. The van der Waals surface area contributed by atoms with Gasteiger partial charge in [-0.15, -0.1) is 0 Å². The highest BCUT2D eigenvalue weighted by atomic mass is 32.2. The van der Waals surface area contributed by atoms with Crippen molar-refractivity contribution in [1.82, 2.24) is 4.31 Å². The van der Waals surface area contributed by atoms with E-state index in [4.69, 9.17) is 4.74 Å². The van der Waals surface area contributed by atoms with Crippen LogP contribution in [0.25, 0.3) is 10.8 Å². The van der Waals surface area contributed by atoms with Gasteiger partial charge in [0.2, 0.25) is 10.0 Å². The highest BCUT2D eigenvalue weighted by Gasteiger charge is 2.48. The molecule has 1 heterocycles. The fraction of sp³-hybridized carbons (Fsp3) is 0.179. The van der Waals surface area contributed by atoms with E-state index in [0.29, 0.717) is 16.5 Å². The first kappa shape index (κ1) is 23.1. The summed E-state index contributed by atoms with van der Waals surface area (Å²) in [6.45, 7) is 1.89. The molecule has 6 nitrogen and oxygen atoms in total. The van der Waals surface area contributed by atoms with Crippen LogP contribution in [-0.4, -0.2) is 30.9 Å². The van der Waals surface area contributed by atoms with Crippen LogP contribution >= 0.6 is 0 Å². The van der Waals surface area contributed by atoms with Gasteiger partial charge in [0, 0.05) is 10.9 Å². The molecule has 35 heavy (non-hydrogen) atoms. The zero-order valence-corrected chi connectivity index (χ0v) is 20.2. The Morgan fingerprint density at radius 2 is 1.54 bits per heavy atom. The Kier molecular flexibility index (Phi) is 5.83. The SMILES string of the molecule is COC(=O)C[C@H]1c2ccccc2[C@@H](c2ccc3ccccc3c2O)N1S(=O)(=O)c1ccc(C)cc1. The van der Waals surface area contributed by atoms with E-state index in [2.05, 4.69) is 0 Å². The van der Waals surface area contributed by atoms with E-state index in [1.165, 1.54) is 11.4 Å². The normalized spacial score (nSPS) is 17.9. The summed E-state index contributed by atoms with van der Waals surface area (Å²) in [5, 5.41) is 12.8. The number of carbonyl (C=O) groups is 1. The lowest BCUT2D eigenvalue weighted by Crippen LogP contribution is -2.35. The van der Waals surface area contributed by atoms with Crippen LogP contribution in [0.3, 0.4) is 0 Å². The van der Waals surface area contributed by atoms with Gasteiger partial charge in [0.25, 0.3) is 0 Å². The van der Waals surface area contributed by atoms with Gasteiger partial charge in [0.05, 0.1) is 30.5 Å². The molecule has 1 aliphatic heterocycles. The number of methoxy groups -OCH3 is 1. The molecule has 1 N–H and O–H groups in total. The number of ether oxygens (including phenoxy) is 1. The molecule has 0 aromatic heterocycles. The minimum Gasteiger partial charge on any atom is -0.507 e. The standard InChI is InChI=1S/C28H25NO5S/c1-18-11-14-20(15-12-18)35(32,33)29-25(17-26(30)34-2)22-9-5-6-10-23(22)27(29)24-16-13-19-7-3-4-8-21(19)28(24)31/h3-16,25,27,31H,17H2,1-2H3/t25-,27-/m0/s1. The summed E-state index contributed by atoms with van der Waals surface area (Å²) in [6.07, 6.45) is -0.149. The molecule has 0 bridgehead atoms. The summed E-state index contributed by atoms with van der Waals surface area (Å²) in [5.41, 5.74) is 2.83. The number of nitrogens with zero attached hydrogens (tertiary/aromatic N) is 1. The number of carbonyl (C=O) groups excluding carboxylic acids is 1.